The SMILES string of the molecule is c1cc(-c2cnc3c(n2)oc2ccc4ccccc4c23)cc(-n2c3ccc4ccccc4c3c3c4ccccc4ccc32)c1. The lowest BCUT2D eigenvalue weighted by Crippen LogP contribution is -1.95. The average Bonchev–Trinajstić information content (AvgIpc) is 3.64. The molecule has 0 saturated carbocycles. The minimum Gasteiger partial charge on any atom is -0.436 e. The minimum absolute atomic E-state index is 0.550. The summed E-state index contributed by atoms with van der Waals surface area (Å²) in [6.07, 6.45) is 1.87. The number of hydrogen-bond acceptors (Lipinski definition) is 3. The highest BCUT2D eigenvalue weighted by atomic mass is 16.3. The topological polar surface area (TPSA) is 43.9 Å². The first-order chi connectivity index (χ1) is 21.8. The highest BCUT2D eigenvalue weighted by Crippen LogP contribution is 2.41. The second-order valence-corrected chi connectivity index (χ2v) is 11.4. The van der Waals surface area contributed by atoms with Crippen LogP contribution in [0, 0.1) is 0 Å². The lowest BCUT2D eigenvalue weighted by atomic mass is 10.00. The van der Waals surface area contributed by atoms with Crippen LogP contribution < -0.4 is 0 Å². The van der Waals surface area contributed by atoms with Gasteiger partial charge < -0.3 is 8.98 Å². The number of aromatic nitrogens is 3. The molecule has 0 bridgehead atoms. The summed E-state index contributed by atoms with van der Waals surface area (Å²) in [5, 5.41) is 10.8. The molecule has 0 saturated heterocycles. The smallest absolute Gasteiger partial charge is 0.246 e. The highest BCUT2D eigenvalue weighted by Gasteiger charge is 2.18. The molecule has 3 heterocycles. The largest absolute Gasteiger partial charge is 0.436 e. The van der Waals surface area contributed by atoms with Crippen LogP contribution in [-0.2, 0) is 0 Å². The molecule has 0 aliphatic heterocycles. The predicted octanol–water partition coefficient (Wildman–Crippen LogP) is 10.6. The van der Waals surface area contributed by atoms with Gasteiger partial charge in [0.15, 0.2) is 0 Å². The van der Waals surface area contributed by atoms with E-state index in [2.05, 4.69) is 126 Å². The van der Waals surface area contributed by atoms with Crippen LogP contribution in [0.4, 0.5) is 0 Å². The molecule has 3 aromatic heterocycles. The third kappa shape index (κ3) is 3.22. The van der Waals surface area contributed by atoms with Gasteiger partial charge in [-0.15, -0.1) is 0 Å². The van der Waals surface area contributed by atoms with E-state index in [0.717, 1.165) is 44.2 Å². The van der Waals surface area contributed by atoms with Gasteiger partial charge in [0.1, 0.15) is 11.1 Å². The van der Waals surface area contributed by atoms with Gasteiger partial charge in [-0.3, -0.25) is 0 Å². The molecule has 0 atom stereocenters. The summed E-state index contributed by atoms with van der Waals surface area (Å²) in [5.41, 5.74) is 7.33. The van der Waals surface area contributed by atoms with Crippen molar-refractivity contribution in [3.8, 4) is 16.9 Å². The van der Waals surface area contributed by atoms with E-state index in [1.807, 2.05) is 18.3 Å². The van der Waals surface area contributed by atoms with Gasteiger partial charge in [0.2, 0.25) is 5.71 Å². The fraction of sp³-hybridized carbons (Fsp3) is 0. The van der Waals surface area contributed by atoms with E-state index in [-0.39, 0.29) is 0 Å². The molecule has 0 fully saturated rings. The fourth-order valence-corrected chi connectivity index (χ4v) is 7.07. The van der Waals surface area contributed by atoms with Crippen molar-refractivity contribution in [2.75, 3.05) is 0 Å². The van der Waals surface area contributed by atoms with Crippen LogP contribution in [0.2, 0.25) is 0 Å². The number of benzene rings is 7. The number of rotatable bonds is 2. The summed E-state index contributed by atoms with van der Waals surface area (Å²) in [4.78, 5) is 9.87. The van der Waals surface area contributed by atoms with E-state index >= 15 is 0 Å². The molecule has 204 valence electrons. The summed E-state index contributed by atoms with van der Waals surface area (Å²) < 4.78 is 8.62. The maximum absolute atomic E-state index is 6.24. The Morgan fingerprint density at radius 2 is 1.11 bits per heavy atom. The van der Waals surface area contributed by atoms with E-state index in [1.165, 1.54) is 43.4 Å². The van der Waals surface area contributed by atoms with Gasteiger partial charge in [-0.25, -0.2) is 9.97 Å². The quantitative estimate of drug-likeness (QED) is 0.211. The molecule has 0 aliphatic rings. The zero-order valence-electron chi connectivity index (χ0n) is 23.5. The zero-order chi connectivity index (χ0) is 28.8. The molecular formula is C40H23N3O. The van der Waals surface area contributed by atoms with Crippen molar-refractivity contribution in [1.29, 1.82) is 0 Å². The van der Waals surface area contributed by atoms with Crippen molar-refractivity contribution < 1.29 is 4.42 Å². The number of nitrogens with zero attached hydrogens (tertiary/aromatic N) is 3. The third-order valence-corrected chi connectivity index (χ3v) is 9.02. The van der Waals surface area contributed by atoms with Crippen molar-refractivity contribution >= 4 is 76.3 Å². The van der Waals surface area contributed by atoms with Crippen LogP contribution in [0.3, 0.4) is 0 Å². The molecule has 7 aromatic carbocycles. The summed E-state index contributed by atoms with van der Waals surface area (Å²) in [6.45, 7) is 0. The summed E-state index contributed by atoms with van der Waals surface area (Å²) in [6, 6.07) is 47.3. The van der Waals surface area contributed by atoms with Gasteiger partial charge in [0.05, 0.1) is 28.3 Å². The Labute approximate surface area is 251 Å². The molecule has 0 N–H and O–H groups in total. The van der Waals surface area contributed by atoms with E-state index in [4.69, 9.17) is 14.4 Å². The minimum atomic E-state index is 0.550. The standard InChI is InChI=1S/C40H23N3O/c1-4-13-29-24(8-1)16-19-33-36(29)37-30-14-5-2-9-25(30)17-20-34(37)43(33)28-12-7-11-27(22-28)32-23-41-39-38-31-15-6-3-10-26(31)18-21-35(38)44-40(39)42-32/h1-23H. The monoisotopic (exact) mass is 561 g/mol. The Kier molecular flexibility index (Phi) is 4.69. The van der Waals surface area contributed by atoms with Crippen LogP contribution in [0.1, 0.15) is 0 Å². The lowest BCUT2D eigenvalue weighted by Gasteiger charge is -2.10. The molecule has 4 nitrogen and oxygen atoms in total. The van der Waals surface area contributed by atoms with Crippen molar-refractivity contribution in [2.45, 2.75) is 0 Å². The first kappa shape index (κ1) is 23.6. The summed E-state index contributed by atoms with van der Waals surface area (Å²) >= 11 is 0. The first-order valence-corrected chi connectivity index (χ1v) is 14.8. The molecule has 0 radical (unpaired) electrons. The Hall–Kier alpha value is -6.00. The van der Waals surface area contributed by atoms with Gasteiger partial charge in [0, 0.05) is 22.0 Å². The molecular weight excluding hydrogens is 538 g/mol. The first-order valence-electron chi connectivity index (χ1n) is 14.8. The second-order valence-electron chi connectivity index (χ2n) is 11.4. The Morgan fingerprint density at radius 3 is 1.77 bits per heavy atom. The maximum Gasteiger partial charge on any atom is 0.246 e. The molecule has 0 spiro atoms. The van der Waals surface area contributed by atoms with Crippen molar-refractivity contribution in [2.24, 2.45) is 0 Å². The molecule has 0 aliphatic carbocycles. The van der Waals surface area contributed by atoms with Crippen LogP contribution >= 0.6 is 0 Å². The van der Waals surface area contributed by atoms with Crippen molar-refractivity contribution in [3.63, 3.8) is 0 Å². The van der Waals surface area contributed by atoms with Crippen LogP contribution in [0.15, 0.2) is 144 Å². The van der Waals surface area contributed by atoms with Crippen LogP contribution in [-0.4, -0.2) is 14.5 Å². The molecule has 0 unspecified atom stereocenters. The molecule has 44 heavy (non-hydrogen) atoms. The fourth-order valence-electron chi connectivity index (χ4n) is 7.07. The maximum atomic E-state index is 6.24. The molecule has 0 amide bonds. The van der Waals surface area contributed by atoms with Gasteiger partial charge in [0.25, 0.3) is 0 Å². The highest BCUT2D eigenvalue weighted by molar-refractivity contribution is 6.28. The predicted molar refractivity (Wildman–Crippen MR) is 182 cm³/mol. The Balaban J connectivity index is 1.22. The second kappa shape index (κ2) is 8.76. The van der Waals surface area contributed by atoms with Crippen molar-refractivity contribution in [1.82, 2.24) is 14.5 Å². The lowest BCUT2D eigenvalue weighted by molar-refractivity contribution is 0.654. The van der Waals surface area contributed by atoms with Crippen molar-refractivity contribution in [3.05, 3.63) is 140 Å². The molecule has 10 rings (SSSR count). The van der Waals surface area contributed by atoms with Gasteiger partial charge in [-0.2, -0.15) is 0 Å². The van der Waals surface area contributed by atoms with Crippen LogP contribution in [0.5, 0.6) is 0 Å². The Morgan fingerprint density at radius 1 is 0.523 bits per heavy atom. The third-order valence-electron chi connectivity index (χ3n) is 9.02. The van der Waals surface area contributed by atoms with Crippen LogP contribution in [0.25, 0.3) is 93.3 Å². The zero-order valence-corrected chi connectivity index (χ0v) is 23.5. The van der Waals surface area contributed by atoms with Gasteiger partial charge in [-0.05, 0) is 62.6 Å². The van der Waals surface area contributed by atoms with E-state index in [0.29, 0.717) is 5.71 Å². The van der Waals surface area contributed by atoms with Gasteiger partial charge in [-0.1, -0.05) is 103 Å². The molecule has 10 aromatic rings. The Bertz CT molecular complexity index is 2690. The number of hydrogen-bond donors (Lipinski definition) is 0. The van der Waals surface area contributed by atoms with E-state index < -0.39 is 0 Å². The normalized spacial score (nSPS) is 12.1. The average molecular weight is 562 g/mol. The van der Waals surface area contributed by atoms with E-state index in [9.17, 15) is 0 Å². The molecule has 4 heteroatoms. The number of fused-ring (bicyclic) bond motifs is 12. The summed E-state index contributed by atoms with van der Waals surface area (Å²) in [5.74, 6) is 0. The number of furan rings is 1. The van der Waals surface area contributed by atoms with Gasteiger partial charge >= 0.3 is 0 Å². The summed E-state index contributed by atoms with van der Waals surface area (Å²) in [7, 11) is 0. The van der Waals surface area contributed by atoms with E-state index in [1.54, 1.807) is 0 Å².